The Kier molecular flexibility index (Phi) is 2.82. The van der Waals surface area contributed by atoms with Crippen LogP contribution in [0.2, 0.25) is 0 Å². The highest BCUT2D eigenvalue weighted by atomic mass is 14.6. The lowest BCUT2D eigenvalue weighted by molar-refractivity contribution is 0.0775. The van der Waals surface area contributed by atoms with E-state index in [9.17, 15) is 0 Å². The topological polar surface area (TPSA) is 26.0 Å². The van der Waals surface area contributed by atoms with Gasteiger partial charge in [0, 0.05) is 5.69 Å². The first kappa shape index (κ1) is 13.2. The van der Waals surface area contributed by atoms with Gasteiger partial charge in [-0.1, -0.05) is 31.7 Å². The van der Waals surface area contributed by atoms with Crippen molar-refractivity contribution in [2.75, 3.05) is 5.73 Å². The predicted molar refractivity (Wildman–Crippen MR) is 89.1 cm³/mol. The summed E-state index contributed by atoms with van der Waals surface area (Å²) in [7, 11) is 0. The lowest BCUT2D eigenvalue weighted by Crippen LogP contribution is -2.41. The minimum Gasteiger partial charge on any atom is -0.399 e. The summed E-state index contributed by atoms with van der Waals surface area (Å²) in [6, 6.07) is 6.61. The number of hydrogen-bond donors (Lipinski definition) is 1. The zero-order valence-corrected chi connectivity index (χ0v) is 12.9. The standard InChI is InChI=1S/C20H25N/c1-3-14-5-9-19-18-7-4-13-12-15(21)6-8-16(13)17(18)10-11-20(14,19)2/h3,5-6,8,12,17-19H,1,4,7,9-11,21H2,2H3. The molecular weight excluding hydrogens is 254 g/mol. The fourth-order valence-corrected chi connectivity index (χ4v) is 5.52. The van der Waals surface area contributed by atoms with Crippen LogP contribution in [0.3, 0.4) is 0 Å². The summed E-state index contributed by atoms with van der Waals surface area (Å²) in [5, 5.41) is 0. The van der Waals surface area contributed by atoms with E-state index in [4.69, 9.17) is 5.73 Å². The first-order valence-electron chi connectivity index (χ1n) is 8.35. The van der Waals surface area contributed by atoms with Crippen molar-refractivity contribution in [3.05, 3.63) is 53.6 Å². The summed E-state index contributed by atoms with van der Waals surface area (Å²) in [6.45, 7) is 6.53. The summed E-state index contributed by atoms with van der Waals surface area (Å²) < 4.78 is 0. The molecule has 1 aromatic rings. The predicted octanol–water partition coefficient (Wildman–Crippen LogP) is 4.85. The second-order valence-corrected chi connectivity index (χ2v) is 7.43. The number of rotatable bonds is 1. The Morgan fingerprint density at radius 2 is 2.19 bits per heavy atom. The molecule has 0 aliphatic heterocycles. The Bertz CT molecular complexity index is 627. The van der Waals surface area contributed by atoms with E-state index in [1.54, 1.807) is 5.56 Å². The van der Waals surface area contributed by atoms with Crippen molar-refractivity contribution in [2.45, 2.75) is 44.9 Å². The zero-order chi connectivity index (χ0) is 14.6. The number of allylic oxidation sites excluding steroid dienone is 3. The molecule has 3 aliphatic rings. The molecule has 4 atom stereocenters. The maximum absolute atomic E-state index is 5.97. The zero-order valence-electron chi connectivity index (χ0n) is 12.9. The molecule has 1 nitrogen and oxygen atoms in total. The van der Waals surface area contributed by atoms with Crippen LogP contribution < -0.4 is 5.73 Å². The third-order valence-corrected chi connectivity index (χ3v) is 6.61. The van der Waals surface area contributed by atoms with E-state index < -0.39 is 0 Å². The van der Waals surface area contributed by atoms with Gasteiger partial charge < -0.3 is 5.73 Å². The van der Waals surface area contributed by atoms with Crippen LogP contribution in [-0.2, 0) is 6.42 Å². The molecule has 1 saturated carbocycles. The van der Waals surface area contributed by atoms with Crippen LogP contribution in [0.25, 0.3) is 0 Å². The first-order chi connectivity index (χ1) is 10.1. The minimum atomic E-state index is 0.383. The average Bonchev–Trinajstić information content (AvgIpc) is 2.83. The lowest BCUT2D eigenvalue weighted by Gasteiger charge is -2.50. The van der Waals surface area contributed by atoms with Gasteiger partial charge in [0.05, 0.1) is 0 Å². The van der Waals surface area contributed by atoms with E-state index in [0.29, 0.717) is 5.41 Å². The van der Waals surface area contributed by atoms with Crippen LogP contribution >= 0.6 is 0 Å². The normalized spacial score (nSPS) is 37.2. The van der Waals surface area contributed by atoms with E-state index in [-0.39, 0.29) is 0 Å². The third kappa shape index (κ3) is 1.76. The van der Waals surface area contributed by atoms with Crippen molar-refractivity contribution in [2.24, 2.45) is 17.3 Å². The maximum atomic E-state index is 5.97. The molecule has 110 valence electrons. The average molecular weight is 279 g/mol. The Morgan fingerprint density at radius 3 is 3.00 bits per heavy atom. The van der Waals surface area contributed by atoms with Crippen LogP contribution in [0.15, 0.2) is 42.5 Å². The molecule has 0 amide bonds. The van der Waals surface area contributed by atoms with Gasteiger partial charge >= 0.3 is 0 Å². The van der Waals surface area contributed by atoms with Gasteiger partial charge in [0.2, 0.25) is 0 Å². The summed E-state index contributed by atoms with van der Waals surface area (Å²) in [5.41, 5.74) is 11.9. The molecule has 0 bridgehead atoms. The van der Waals surface area contributed by atoms with E-state index in [0.717, 1.165) is 23.4 Å². The molecule has 0 saturated heterocycles. The van der Waals surface area contributed by atoms with Gasteiger partial charge in [0.15, 0.2) is 0 Å². The number of benzene rings is 1. The highest BCUT2D eigenvalue weighted by molar-refractivity contribution is 5.48. The summed E-state index contributed by atoms with van der Waals surface area (Å²) >= 11 is 0. The van der Waals surface area contributed by atoms with Crippen LogP contribution in [0.1, 0.15) is 49.7 Å². The highest BCUT2D eigenvalue weighted by Gasteiger charge is 2.50. The van der Waals surface area contributed by atoms with Gasteiger partial charge in [-0.15, -0.1) is 0 Å². The third-order valence-electron chi connectivity index (χ3n) is 6.61. The van der Waals surface area contributed by atoms with Crippen LogP contribution in [0, 0.1) is 17.3 Å². The van der Waals surface area contributed by atoms with Crippen LogP contribution in [-0.4, -0.2) is 0 Å². The minimum absolute atomic E-state index is 0.383. The van der Waals surface area contributed by atoms with Gasteiger partial charge in [-0.25, -0.2) is 0 Å². The van der Waals surface area contributed by atoms with E-state index in [1.807, 2.05) is 0 Å². The molecule has 1 fully saturated rings. The Morgan fingerprint density at radius 1 is 1.33 bits per heavy atom. The molecule has 0 radical (unpaired) electrons. The number of fused-ring (bicyclic) bond motifs is 5. The quantitative estimate of drug-likeness (QED) is 0.731. The lowest BCUT2D eigenvalue weighted by atomic mass is 9.54. The molecule has 2 N–H and O–H groups in total. The molecule has 4 unspecified atom stereocenters. The molecule has 0 spiro atoms. The van der Waals surface area contributed by atoms with Crippen LogP contribution in [0.4, 0.5) is 5.69 Å². The second-order valence-electron chi connectivity index (χ2n) is 7.43. The smallest absolute Gasteiger partial charge is 0.0316 e. The monoisotopic (exact) mass is 279 g/mol. The van der Waals surface area contributed by atoms with Crippen LogP contribution in [0.5, 0.6) is 0 Å². The van der Waals surface area contributed by atoms with Gasteiger partial charge in [-0.2, -0.15) is 0 Å². The van der Waals surface area contributed by atoms with Gasteiger partial charge in [0.25, 0.3) is 0 Å². The molecular formula is C20H25N. The Hall–Kier alpha value is -1.50. The molecule has 1 heteroatoms. The Labute approximate surface area is 127 Å². The molecule has 0 aromatic heterocycles. The Balaban J connectivity index is 1.71. The van der Waals surface area contributed by atoms with Crippen molar-refractivity contribution < 1.29 is 0 Å². The summed E-state index contributed by atoms with van der Waals surface area (Å²) in [6.07, 6.45) is 11.0. The van der Waals surface area contributed by atoms with Crippen molar-refractivity contribution in [1.82, 2.24) is 0 Å². The van der Waals surface area contributed by atoms with Crippen molar-refractivity contribution in [3.8, 4) is 0 Å². The summed E-state index contributed by atoms with van der Waals surface area (Å²) in [5.74, 6) is 2.41. The molecule has 4 rings (SSSR count). The van der Waals surface area contributed by atoms with Crippen molar-refractivity contribution in [3.63, 3.8) is 0 Å². The summed E-state index contributed by atoms with van der Waals surface area (Å²) in [4.78, 5) is 0. The number of aryl methyl sites for hydroxylation is 1. The molecule has 0 heterocycles. The molecule has 3 aliphatic carbocycles. The largest absolute Gasteiger partial charge is 0.399 e. The number of anilines is 1. The van der Waals surface area contributed by atoms with Gasteiger partial charge in [-0.3, -0.25) is 0 Å². The number of nitrogens with two attached hydrogens (primary N) is 1. The highest BCUT2D eigenvalue weighted by Crippen LogP contribution is 2.61. The fourth-order valence-electron chi connectivity index (χ4n) is 5.52. The first-order valence-corrected chi connectivity index (χ1v) is 8.35. The van der Waals surface area contributed by atoms with E-state index in [1.165, 1.54) is 43.2 Å². The van der Waals surface area contributed by atoms with E-state index >= 15 is 0 Å². The molecule has 21 heavy (non-hydrogen) atoms. The van der Waals surface area contributed by atoms with E-state index in [2.05, 4.69) is 43.9 Å². The fraction of sp³-hybridized carbons (Fsp3) is 0.500. The second kappa shape index (κ2) is 4.50. The number of hydrogen-bond acceptors (Lipinski definition) is 1. The van der Waals surface area contributed by atoms with Gasteiger partial charge in [0.1, 0.15) is 0 Å². The maximum Gasteiger partial charge on any atom is 0.0316 e. The van der Waals surface area contributed by atoms with Crippen molar-refractivity contribution >= 4 is 5.69 Å². The molecule has 1 aromatic carbocycles. The SMILES string of the molecule is C=CC1=CCC2C3CCc4cc(N)ccc4C3CCC12C. The van der Waals surface area contributed by atoms with Gasteiger partial charge in [-0.05, 0) is 84.1 Å². The number of nitrogen functional groups attached to an aromatic ring is 1. The van der Waals surface area contributed by atoms with Crippen molar-refractivity contribution in [1.29, 1.82) is 0 Å².